The zero-order chi connectivity index (χ0) is 17.3. The van der Waals surface area contributed by atoms with E-state index < -0.39 is 11.8 Å². The fourth-order valence-electron chi connectivity index (χ4n) is 2.28. The van der Waals surface area contributed by atoms with Crippen molar-refractivity contribution in [2.24, 2.45) is 0 Å². The second kappa shape index (κ2) is 6.52. The highest BCUT2D eigenvalue weighted by atomic mass is 127. The second-order valence-electron chi connectivity index (χ2n) is 5.05. The van der Waals surface area contributed by atoms with Crippen LogP contribution in [-0.4, -0.2) is 24.0 Å². The minimum absolute atomic E-state index is 0.0117. The minimum Gasteiger partial charge on any atom is -0.504 e. The summed E-state index contributed by atoms with van der Waals surface area (Å²) >= 11 is 2.16. The third-order valence-corrected chi connectivity index (χ3v) is 4.21. The number of nitrogens with one attached hydrogen (secondary N) is 1. The summed E-state index contributed by atoms with van der Waals surface area (Å²) in [5.74, 6) is -0.661. The number of anilines is 1. The molecule has 122 valence electrons. The Bertz CT molecular complexity index is 846. The number of methoxy groups -OCH3 is 1. The lowest BCUT2D eigenvalue weighted by Gasteiger charge is -2.14. The van der Waals surface area contributed by atoms with E-state index in [1.807, 2.05) is 12.1 Å². The van der Waals surface area contributed by atoms with Crippen LogP contribution < -0.4 is 15.2 Å². The van der Waals surface area contributed by atoms with Crippen LogP contribution in [0.5, 0.6) is 11.5 Å². The number of hydrogen-bond donors (Lipinski definition) is 2. The number of carbonyl (C=O) groups excluding carboxylic acids is 2. The summed E-state index contributed by atoms with van der Waals surface area (Å²) in [6.07, 6.45) is 1.46. The van der Waals surface area contributed by atoms with E-state index in [1.54, 1.807) is 24.3 Å². The van der Waals surface area contributed by atoms with Gasteiger partial charge < -0.3 is 9.84 Å². The van der Waals surface area contributed by atoms with Crippen molar-refractivity contribution in [3.8, 4) is 11.5 Å². The second-order valence-corrected chi connectivity index (χ2v) is 6.29. The van der Waals surface area contributed by atoms with Crippen molar-refractivity contribution in [1.29, 1.82) is 0 Å². The number of aromatic hydroxyl groups is 1. The Labute approximate surface area is 151 Å². The number of carbonyl (C=O) groups is 2. The third kappa shape index (κ3) is 3.07. The lowest BCUT2D eigenvalue weighted by atomic mass is 10.1. The number of phenols is 1. The molecule has 0 aromatic heterocycles. The number of benzene rings is 2. The highest BCUT2D eigenvalue weighted by molar-refractivity contribution is 14.1. The lowest BCUT2D eigenvalue weighted by molar-refractivity contribution is -0.117. The molecule has 0 spiro atoms. The van der Waals surface area contributed by atoms with Gasteiger partial charge in [-0.25, -0.2) is 5.01 Å². The molecule has 3 rings (SSSR count). The first kappa shape index (κ1) is 16.3. The van der Waals surface area contributed by atoms with Crippen molar-refractivity contribution in [2.45, 2.75) is 0 Å². The van der Waals surface area contributed by atoms with Gasteiger partial charge in [-0.3, -0.25) is 15.0 Å². The smallest absolute Gasteiger partial charge is 0.282 e. The van der Waals surface area contributed by atoms with Gasteiger partial charge in [-0.2, -0.15) is 0 Å². The average Bonchev–Trinajstić information content (AvgIpc) is 2.85. The van der Waals surface area contributed by atoms with E-state index in [2.05, 4.69) is 28.0 Å². The predicted molar refractivity (Wildman–Crippen MR) is 97.4 cm³/mol. The van der Waals surface area contributed by atoms with Crippen molar-refractivity contribution < 1.29 is 19.4 Å². The topological polar surface area (TPSA) is 78.9 Å². The molecule has 2 aromatic rings. The van der Waals surface area contributed by atoms with Crippen LogP contribution in [0.2, 0.25) is 0 Å². The molecule has 1 saturated heterocycles. The number of nitrogens with zero attached hydrogens (tertiary/aromatic N) is 1. The maximum absolute atomic E-state index is 12.5. The molecular formula is C17H13IN2O4. The molecule has 6 nitrogen and oxygen atoms in total. The molecule has 1 aliphatic rings. The van der Waals surface area contributed by atoms with Crippen molar-refractivity contribution in [2.75, 3.05) is 12.1 Å². The Hall–Kier alpha value is -2.55. The monoisotopic (exact) mass is 436 g/mol. The zero-order valence-corrected chi connectivity index (χ0v) is 14.8. The number of hydrogen-bond acceptors (Lipinski definition) is 4. The highest BCUT2D eigenvalue weighted by Crippen LogP contribution is 2.28. The summed E-state index contributed by atoms with van der Waals surface area (Å²) in [4.78, 5) is 24.7. The standard InChI is InChI=1S/C17H13IN2O4/c1-24-15-9-10(2-7-14(15)21)8-13-16(22)19-20(17(13)23)12-5-3-11(18)4-6-12/h2-9,21H,1H3,(H,19,22). The quantitative estimate of drug-likeness (QED) is 0.441. The summed E-state index contributed by atoms with van der Waals surface area (Å²) in [6, 6.07) is 11.8. The van der Waals surface area contributed by atoms with Crippen LogP contribution in [0.25, 0.3) is 6.08 Å². The first-order valence-corrected chi connectivity index (χ1v) is 8.07. The van der Waals surface area contributed by atoms with Crippen LogP contribution in [-0.2, 0) is 9.59 Å². The summed E-state index contributed by atoms with van der Waals surface area (Å²) < 4.78 is 6.06. The Morgan fingerprint density at radius 3 is 2.54 bits per heavy atom. The molecule has 7 heteroatoms. The molecule has 1 aliphatic heterocycles. The number of hydrazine groups is 1. The molecule has 0 saturated carbocycles. The maximum Gasteiger partial charge on any atom is 0.282 e. The molecule has 2 aromatic carbocycles. The maximum atomic E-state index is 12.5. The van der Waals surface area contributed by atoms with Crippen LogP contribution in [0.4, 0.5) is 5.69 Å². The van der Waals surface area contributed by atoms with Crippen molar-refractivity contribution in [1.82, 2.24) is 5.43 Å². The van der Waals surface area contributed by atoms with Gasteiger partial charge in [-0.1, -0.05) is 6.07 Å². The van der Waals surface area contributed by atoms with E-state index in [0.717, 1.165) is 3.57 Å². The number of amides is 2. The normalized spacial score (nSPS) is 15.8. The Morgan fingerprint density at radius 2 is 1.88 bits per heavy atom. The van der Waals surface area contributed by atoms with Crippen LogP contribution in [0.15, 0.2) is 48.0 Å². The highest BCUT2D eigenvalue weighted by Gasteiger charge is 2.34. The van der Waals surface area contributed by atoms with Gasteiger partial charge in [-0.15, -0.1) is 0 Å². The van der Waals surface area contributed by atoms with Gasteiger partial charge >= 0.3 is 0 Å². The molecule has 1 heterocycles. The first-order valence-electron chi connectivity index (χ1n) is 6.99. The molecule has 2 amide bonds. The van der Waals surface area contributed by atoms with Gasteiger partial charge in [0.15, 0.2) is 11.5 Å². The van der Waals surface area contributed by atoms with E-state index >= 15 is 0 Å². The molecule has 1 fully saturated rings. The number of phenolic OH excluding ortho intramolecular Hbond substituents is 1. The molecule has 2 N–H and O–H groups in total. The third-order valence-electron chi connectivity index (χ3n) is 3.49. The van der Waals surface area contributed by atoms with Gasteiger partial charge in [0.1, 0.15) is 5.57 Å². The van der Waals surface area contributed by atoms with Gasteiger partial charge in [0, 0.05) is 3.57 Å². The van der Waals surface area contributed by atoms with E-state index in [-0.39, 0.29) is 17.1 Å². The lowest BCUT2D eigenvalue weighted by Crippen LogP contribution is -2.35. The minimum atomic E-state index is -0.481. The van der Waals surface area contributed by atoms with E-state index in [1.165, 1.54) is 24.3 Å². The largest absolute Gasteiger partial charge is 0.504 e. The van der Waals surface area contributed by atoms with Gasteiger partial charge in [-0.05, 0) is 70.6 Å². The zero-order valence-electron chi connectivity index (χ0n) is 12.6. The van der Waals surface area contributed by atoms with Crippen LogP contribution >= 0.6 is 22.6 Å². The molecular weight excluding hydrogens is 423 g/mol. The molecule has 0 atom stereocenters. The first-order chi connectivity index (χ1) is 11.5. The van der Waals surface area contributed by atoms with Gasteiger partial charge in [0.05, 0.1) is 12.8 Å². The fourth-order valence-corrected chi connectivity index (χ4v) is 2.64. The van der Waals surface area contributed by atoms with E-state index in [4.69, 9.17) is 4.74 Å². The number of rotatable bonds is 3. The van der Waals surface area contributed by atoms with Crippen molar-refractivity contribution in [3.05, 3.63) is 57.2 Å². The van der Waals surface area contributed by atoms with Crippen LogP contribution in [0.3, 0.4) is 0 Å². The number of halogens is 1. The van der Waals surface area contributed by atoms with Gasteiger partial charge in [0.25, 0.3) is 11.8 Å². The molecule has 0 radical (unpaired) electrons. The van der Waals surface area contributed by atoms with E-state index in [0.29, 0.717) is 11.3 Å². The summed E-state index contributed by atoms with van der Waals surface area (Å²) in [7, 11) is 1.43. The molecule has 0 unspecified atom stereocenters. The fraction of sp³-hybridized carbons (Fsp3) is 0.0588. The average molecular weight is 436 g/mol. The van der Waals surface area contributed by atoms with E-state index in [9.17, 15) is 14.7 Å². The summed E-state index contributed by atoms with van der Waals surface area (Å²) in [5.41, 5.74) is 3.72. The van der Waals surface area contributed by atoms with Gasteiger partial charge in [0.2, 0.25) is 0 Å². The Morgan fingerprint density at radius 1 is 1.17 bits per heavy atom. The Balaban J connectivity index is 1.93. The molecule has 0 aliphatic carbocycles. The number of ether oxygens (including phenoxy) is 1. The molecule has 24 heavy (non-hydrogen) atoms. The van der Waals surface area contributed by atoms with Crippen LogP contribution in [0, 0.1) is 3.57 Å². The van der Waals surface area contributed by atoms with Crippen molar-refractivity contribution >= 4 is 46.2 Å². The van der Waals surface area contributed by atoms with Crippen molar-refractivity contribution in [3.63, 3.8) is 0 Å². The Kier molecular flexibility index (Phi) is 4.43. The molecule has 0 bridgehead atoms. The summed E-state index contributed by atoms with van der Waals surface area (Å²) in [5, 5.41) is 10.8. The van der Waals surface area contributed by atoms with Crippen LogP contribution in [0.1, 0.15) is 5.56 Å². The SMILES string of the molecule is COc1cc(C=C2C(=O)NN(c3ccc(I)cc3)C2=O)ccc1O. The summed E-state index contributed by atoms with van der Waals surface area (Å²) in [6.45, 7) is 0. The predicted octanol–water partition coefficient (Wildman–Crippen LogP) is 2.47.